The summed E-state index contributed by atoms with van der Waals surface area (Å²) in [4.78, 5) is 29.2. The Bertz CT molecular complexity index is 1380. The van der Waals surface area contributed by atoms with E-state index in [9.17, 15) is 18.0 Å². The van der Waals surface area contributed by atoms with E-state index in [1.807, 2.05) is 82.3 Å². The third-order valence-corrected chi connectivity index (χ3v) is 7.56. The van der Waals surface area contributed by atoms with E-state index >= 15 is 0 Å². The van der Waals surface area contributed by atoms with Crippen molar-refractivity contribution in [1.29, 1.82) is 0 Å². The van der Waals surface area contributed by atoms with Crippen molar-refractivity contribution in [2.75, 3.05) is 23.7 Å². The van der Waals surface area contributed by atoms with Gasteiger partial charge in [-0.3, -0.25) is 13.9 Å². The van der Waals surface area contributed by atoms with Crippen LogP contribution in [-0.4, -0.2) is 56.6 Å². The van der Waals surface area contributed by atoms with Crippen LogP contribution in [0.1, 0.15) is 37.5 Å². The number of nitrogens with one attached hydrogen (secondary N) is 1. The van der Waals surface area contributed by atoms with Gasteiger partial charge in [-0.1, -0.05) is 54.6 Å². The number of rotatable bonds is 13. The fraction of sp³-hybridized carbons (Fsp3) is 0.355. The lowest BCUT2D eigenvalue weighted by molar-refractivity contribution is -0.140. The van der Waals surface area contributed by atoms with Crippen molar-refractivity contribution < 1.29 is 22.7 Å². The molecule has 1 N–H and O–H groups in total. The van der Waals surface area contributed by atoms with Crippen LogP contribution in [-0.2, 0) is 32.6 Å². The zero-order valence-corrected chi connectivity index (χ0v) is 24.6. The van der Waals surface area contributed by atoms with E-state index in [0.29, 0.717) is 18.0 Å². The van der Waals surface area contributed by atoms with E-state index < -0.39 is 28.5 Å². The van der Waals surface area contributed by atoms with Gasteiger partial charge >= 0.3 is 0 Å². The largest absolute Gasteiger partial charge is 0.494 e. The Kier molecular flexibility index (Phi) is 10.7. The van der Waals surface area contributed by atoms with Crippen LogP contribution in [0.5, 0.6) is 5.75 Å². The second-order valence-corrected chi connectivity index (χ2v) is 11.9. The molecule has 3 aromatic carbocycles. The van der Waals surface area contributed by atoms with Gasteiger partial charge in [0.1, 0.15) is 18.3 Å². The van der Waals surface area contributed by atoms with Crippen molar-refractivity contribution in [2.45, 2.75) is 52.7 Å². The number of carbonyl (C=O) groups is 2. The van der Waals surface area contributed by atoms with Crippen molar-refractivity contribution >= 4 is 27.5 Å². The van der Waals surface area contributed by atoms with E-state index in [2.05, 4.69) is 5.32 Å². The second kappa shape index (κ2) is 14.0. The summed E-state index contributed by atoms with van der Waals surface area (Å²) < 4.78 is 32.3. The standard InChI is InChI=1S/C31H39N3O5S/c1-6-39-28-18-16-27(17-19-28)34(40(5,37)38)22-30(35)33(21-26-15-11-10-12-24(26)4)29(31(36)32-23(2)3)20-25-13-8-7-9-14-25/h7-19,23,29H,6,20-22H2,1-5H3,(H,32,36)/t29-/m0/s1. The molecule has 9 heteroatoms. The van der Waals surface area contributed by atoms with Crippen molar-refractivity contribution in [3.05, 3.63) is 95.6 Å². The maximum absolute atomic E-state index is 14.1. The SMILES string of the molecule is CCOc1ccc(N(CC(=O)N(Cc2ccccc2C)[C@@H](Cc2ccccc2)C(=O)NC(C)C)S(C)(=O)=O)cc1. The summed E-state index contributed by atoms with van der Waals surface area (Å²) in [6, 6.07) is 22.7. The number of anilines is 1. The summed E-state index contributed by atoms with van der Waals surface area (Å²) in [6.07, 6.45) is 1.34. The lowest BCUT2D eigenvalue weighted by Crippen LogP contribution is -2.54. The average molecular weight is 566 g/mol. The molecule has 1 atom stereocenters. The molecule has 0 aromatic heterocycles. The molecule has 0 unspecified atom stereocenters. The Labute approximate surface area is 238 Å². The molecule has 0 bridgehead atoms. The van der Waals surface area contributed by atoms with Gasteiger partial charge in [0.25, 0.3) is 0 Å². The number of hydrogen-bond donors (Lipinski definition) is 1. The second-order valence-electron chi connectivity index (χ2n) is 10.0. The molecule has 0 heterocycles. The molecule has 0 fully saturated rings. The van der Waals surface area contributed by atoms with Crippen LogP contribution in [0.4, 0.5) is 5.69 Å². The number of ether oxygens (including phenoxy) is 1. The topological polar surface area (TPSA) is 96.0 Å². The van der Waals surface area contributed by atoms with Crippen molar-refractivity contribution in [3.8, 4) is 5.75 Å². The number of amides is 2. The molecule has 40 heavy (non-hydrogen) atoms. The minimum atomic E-state index is -3.83. The fourth-order valence-corrected chi connectivity index (χ4v) is 5.24. The first kappa shape index (κ1) is 30.7. The van der Waals surface area contributed by atoms with E-state index in [-0.39, 0.29) is 24.9 Å². The minimum Gasteiger partial charge on any atom is -0.494 e. The highest BCUT2D eigenvalue weighted by Gasteiger charge is 2.33. The van der Waals surface area contributed by atoms with E-state index in [0.717, 1.165) is 27.3 Å². The van der Waals surface area contributed by atoms with Gasteiger partial charge in [0.2, 0.25) is 21.8 Å². The predicted octanol–water partition coefficient (Wildman–Crippen LogP) is 4.32. The van der Waals surface area contributed by atoms with Crippen LogP contribution in [0, 0.1) is 6.92 Å². The maximum Gasteiger partial charge on any atom is 0.244 e. The molecule has 0 saturated heterocycles. The molecule has 3 rings (SSSR count). The van der Waals surface area contributed by atoms with Gasteiger partial charge in [-0.25, -0.2) is 8.42 Å². The molecule has 0 saturated carbocycles. The first-order valence-corrected chi connectivity index (χ1v) is 15.2. The van der Waals surface area contributed by atoms with Crippen molar-refractivity contribution in [3.63, 3.8) is 0 Å². The Balaban J connectivity index is 2.04. The van der Waals surface area contributed by atoms with Gasteiger partial charge in [0.05, 0.1) is 18.6 Å². The third-order valence-electron chi connectivity index (χ3n) is 6.42. The zero-order valence-electron chi connectivity index (χ0n) is 23.8. The lowest BCUT2D eigenvalue weighted by atomic mass is 10.0. The molecular formula is C31H39N3O5S. The summed E-state index contributed by atoms with van der Waals surface area (Å²) in [5, 5.41) is 2.95. The Morgan fingerprint density at radius 1 is 0.925 bits per heavy atom. The number of nitrogens with zero attached hydrogens (tertiary/aromatic N) is 2. The summed E-state index contributed by atoms with van der Waals surface area (Å²) in [7, 11) is -3.83. The van der Waals surface area contributed by atoms with E-state index in [1.165, 1.54) is 4.90 Å². The third kappa shape index (κ3) is 8.58. The van der Waals surface area contributed by atoms with Crippen LogP contribution in [0.15, 0.2) is 78.9 Å². The molecule has 0 aliphatic rings. The smallest absolute Gasteiger partial charge is 0.244 e. The van der Waals surface area contributed by atoms with Gasteiger partial charge in [-0.15, -0.1) is 0 Å². The van der Waals surface area contributed by atoms with Crippen LogP contribution < -0.4 is 14.4 Å². The van der Waals surface area contributed by atoms with E-state index in [1.54, 1.807) is 24.3 Å². The zero-order chi connectivity index (χ0) is 29.3. The highest BCUT2D eigenvalue weighted by Crippen LogP contribution is 2.23. The number of carbonyl (C=O) groups excluding carboxylic acids is 2. The molecular weight excluding hydrogens is 526 g/mol. The normalized spacial score (nSPS) is 12.1. The molecule has 8 nitrogen and oxygen atoms in total. The Morgan fingerprint density at radius 3 is 2.12 bits per heavy atom. The Hall–Kier alpha value is -3.85. The summed E-state index contributed by atoms with van der Waals surface area (Å²) in [5.74, 6) is -0.185. The first-order valence-electron chi connectivity index (χ1n) is 13.4. The quantitative estimate of drug-likeness (QED) is 0.333. The van der Waals surface area contributed by atoms with Crippen LogP contribution in [0.3, 0.4) is 0 Å². The lowest BCUT2D eigenvalue weighted by Gasteiger charge is -2.34. The van der Waals surface area contributed by atoms with Crippen molar-refractivity contribution in [2.24, 2.45) is 0 Å². The number of hydrogen-bond acceptors (Lipinski definition) is 5. The molecule has 2 amide bonds. The summed E-state index contributed by atoms with van der Waals surface area (Å²) in [6.45, 7) is 7.70. The number of sulfonamides is 1. The first-order chi connectivity index (χ1) is 19.0. The van der Waals surface area contributed by atoms with Gasteiger partial charge < -0.3 is 15.0 Å². The molecule has 3 aromatic rings. The summed E-state index contributed by atoms with van der Waals surface area (Å²) in [5.41, 5.74) is 3.06. The van der Waals surface area contributed by atoms with Crippen molar-refractivity contribution in [1.82, 2.24) is 10.2 Å². The molecule has 0 spiro atoms. The van der Waals surface area contributed by atoms with Gasteiger partial charge in [-0.05, 0) is 68.7 Å². The fourth-order valence-electron chi connectivity index (χ4n) is 4.39. The molecule has 0 aliphatic heterocycles. The Morgan fingerprint density at radius 2 is 1.55 bits per heavy atom. The average Bonchev–Trinajstić information content (AvgIpc) is 2.90. The number of benzene rings is 3. The molecule has 0 radical (unpaired) electrons. The van der Waals surface area contributed by atoms with E-state index in [4.69, 9.17) is 4.74 Å². The van der Waals surface area contributed by atoms with Gasteiger partial charge in [-0.2, -0.15) is 0 Å². The highest BCUT2D eigenvalue weighted by atomic mass is 32.2. The highest BCUT2D eigenvalue weighted by molar-refractivity contribution is 7.92. The maximum atomic E-state index is 14.1. The molecule has 0 aliphatic carbocycles. The number of aryl methyl sites for hydroxylation is 1. The summed E-state index contributed by atoms with van der Waals surface area (Å²) >= 11 is 0. The van der Waals surface area contributed by atoms with Crippen LogP contribution >= 0.6 is 0 Å². The monoisotopic (exact) mass is 565 g/mol. The molecule has 214 valence electrons. The predicted molar refractivity (Wildman–Crippen MR) is 159 cm³/mol. The van der Waals surface area contributed by atoms with Crippen LogP contribution in [0.2, 0.25) is 0 Å². The van der Waals surface area contributed by atoms with Crippen LogP contribution in [0.25, 0.3) is 0 Å². The van der Waals surface area contributed by atoms with Gasteiger partial charge in [0.15, 0.2) is 0 Å². The minimum absolute atomic E-state index is 0.141. The van der Waals surface area contributed by atoms with Gasteiger partial charge in [0, 0.05) is 19.0 Å².